The van der Waals surface area contributed by atoms with Crippen molar-refractivity contribution >= 4 is 35.3 Å². The number of ether oxygens (including phenoxy) is 1. The van der Waals surface area contributed by atoms with Crippen LogP contribution >= 0.6 is 0 Å². The number of benzene rings is 2. The van der Waals surface area contributed by atoms with E-state index in [2.05, 4.69) is 37.9 Å². The number of barbiturate groups is 1. The van der Waals surface area contributed by atoms with E-state index in [1.165, 1.54) is 31.4 Å². The van der Waals surface area contributed by atoms with E-state index in [0.29, 0.717) is 11.3 Å². The minimum absolute atomic E-state index is 0.0306. The lowest BCUT2D eigenvalue weighted by Gasteiger charge is -2.47. The molecule has 1 atom stereocenters. The van der Waals surface area contributed by atoms with Crippen LogP contribution in [-0.4, -0.2) is 37.0 Å². The first-order valence-corrected chi connectivity index (χ1v) is 11.2. The molecule has 2 aromatic rings. The van der Waals surface area contributed by atoms with Gasteiger partial charge in [-0.25, -0.2) is 14.1 Å². The lowest BCUT2D eigenvalue weighted by molar-refractivity contribution is -0.122. The molecule has 0 aromatic heterocycles. The molecular formula is C26H28FN3O4. The Balaban J connectivity index is 1.81. The molecule has 178 valence electrons. The third kappa shape index (κ3) is 3.93. The molecule has 2 aliphatic heterocycles. The summed E-state index contributed by atoms with van der Waals surface area (Å²) in [4.78, 5) is 41.3. The van der Waals surface area contributed by atoms with Crippen LogP contribution in [0.5, 0.6) is 5.75 Å². The molecule has 1 saturated heterocycles. The molecule has 2 heterocycles. The molecular weight excluding hydrogens is 437 g/mol. The van der Waals surface area contributed by atoms with Gasteiger partial charge in [-0.2, -0.15) is 0 Å². The number of rotatable bonds is 4. The number of anilines is 2. The van der Waals surface area contributed by atoms with E-state index in [1.54, 1.807) is 0 Å². The molecule has 8 heteroatoms. The summed E-state index contributed by atoms with van der Waals surface area (Å²) in [6.07, 6.45) is 2.37. The Bertz CT molecular complexity index is 1220. The van der Waals surface area contributed by atoms with Crippen LogP contribution in [0.4, 0.5) is 20.6 Å². The fourth-order valence-corrected chi connectivity index (χ4v) is 5.08. The Morgan fingerprint density at radius 3 is 2.59 bits per heavy atom. The summed E-state index contributed by atoms with van der Waals surface area (Å²) < 4.78 is 19.4. The number of nitrogens with one attached hydrogen (secondary N) is 1. The first kappa shape index (κ1) is 23.5. The van der Waals surface area contributed by atoms with E-state index < -0.39 is 23.7 Å². The van der Waals surface area contributed by atoms with Crippen LogP contribution < -0.4 is 19.9 Å². The fraction of sp³-hybridized carbons (Fsp3) is 0.346. The number of hydrogen-bond donors (Lipinski definition) is 1. The third-order valence-electron chi connectivity index (χ3n) is 6.52. The van der Waals surface area contributed by atoms with Crippen molar-refractivity contribution in [3.63, 3.8) is 0 Å². The van der Waals surface area contributed by atoms with Crippen LogP contribution in [0.1, 0.15) is 51.2 Å². The number of carbonyl (C=O) groups excluding carboxylic acids is 3. The SMILES string of the molecule is CCN1c2cc(OC)c(/C=C3/C(=O)NC(=O)N(c4cccc(F)c4)C3=O)cc2C(C)CC1(C)C. The maximum atomic E-state index is 13.7. The maximum Gasteiger partial charge on any atom is 0.335 e. The highest BCUT2D eigenvalue weighted by atomic mass is 19.1. The number of imide groups is 2. The van der Waals surface area contributed by atoms with Crippen molar-refractivity contribution in [3.8, 4) is 5.75 Å². The monoisotopic (exact) mass is 465 g/mol. The molecule has 4 amide bonds. The van der Waals surface area contributed by atoms with Gasteiger partial charge < -0.3 is 9.64 Å². The van der Waals surface area contributed by atoms with E-state index in [4.69, 9.17) is 4.74 Å². The summed E-state index contributed by atoms with van der Waals surface area (Å²) in [6, 6.07) is 8.03. The number of halogens is 1. The van der Waals surface area contributed by atoms with E-state index in [-0.39, 0.29) is 22.7 Å². The molecule has 1 N–H and O–H groups in total. The van der Waals surface area contributed by atoms with Gasteiger partial charge in [0, 0.05) is 29.4 Å². The van der Waals surface area contributed by atoms with Crippen molar-refractivity contribution in [1.29, 1.82) is 0 Å². The minimum atomic E-state index is -0.926. The molecule has 0 radical (unpaired) electrons. The number of carbonyl (C=O) groups is 3. The third-order valence-corrected chi connectivity index (χ3v) is 6.52. The lowest BCUT2D eigenvalue weighted by atomic mass is 9.79. The smallest absolute Gasteiger partial charge is 0.335 e. The quantitative estimate of drug-likeness (QED) is 0.527. The molecule has 0 bridgehead atoms. The zero-order valence-corrected chi connectivity index (χ0v) is 19.9. The van der Waals surface area contributed by atoms with Crippen LogP contribution in [0, 0.1) is 5.82 Å². The van der Waals surface area contributed by atoms with E-state index >= 15 is 0 Å². The molecule has 0 saturated carbocycles. The normalized spacial score (nSPS) is 20.9. The molecule has 1 unspecified atom stereocenters. The van der Waals surface area contributed by atoms with Gasteiger partial charge in [0.05, 0.1) is 12.8 Å². The molecule has 2 aromatic carbocycles. The Labute approximate surface area is 198 Å². The minimum Gasteiger partial charge on any atom is -0.496 e. The number of methoxy groups -OCH3 is 1. The van der Waals surface area contributed by atoms with Gasteiger partial charge in [0.15, 0.2) is 0 Å². The van der Waals surface area contributed by atoms with Crippen LogP contribution in [0.2, 0.25) is 0 Å². The van der Waals surface area contributed by atoms with Crippen molar-refractivity contribution < 1.29 is 23.5 Å². The zero-order valence-electron chi connectivity index (χ0n) is 19.9. The average Bonchev–Trinajstić information content (AvgIpc) is 2.76. The highest BCUT2D eigenvalue weighted by Crippen LogP contribution is 2.46. The van der Waals surface area contributed by atoms with E-state index in [0.717, 1.165) is 35.2 Å². The fourth-order valence-electron chi connectivity index (χ4n) is 5.08. The van der Waals surface area contributed by atoms with Gasteiger partial charge >= 0.3 is 6.03 Å². The topological polar surface area (TPSA) is 79.0 Å². The number of nitrogens with zero attached hydrogens (tertiary/aromatic N) is 2. The lowest BCUT2D eigenvalue weighted by Crippen LogP contribution is -2.54. The number of fused-ring (bicyclic) bond motifs is 1. The van der Waals surface area contributed by atoms with Gasteiger partial charge in [-0.1, -0.05) is 13.0 Å². The Hall–Kier alpha value is -3.68. The predicted molar refractivity (Wildman–Crippen MR) is 129 cm³/mol. The highest BCUT2D eigenvalue weighted by molar-refractivity contribution is 6.39. The molecule has 4 rings (SSSR count). The Morgan fingerprint density at radius 2 is 1.94 bits per heavy atom. The number of amides is 4. The second-order valence-corrected chi connectivity index (χ2v) is 9.25. The van der Waals surface area contributed by atoms with Crippen LogP contribution in [0.25, 0.3) is 6.08 Å². The van der Waals surface area contributed by atoms with Gasteiger partial charge in [-0.15, -0.1) is 0 Å². The molecule has 0 aliphatic carbocycles. The molecule has 2 aliphatic rings. The van der Waals surface area contributed by atoms with Gasteiger partial charge in [0.1, 0.15) is 17.1 Å². The van der Waals surface area contributed by atoms with Crippen LogP contribution in [-0.2, 0) is 9.59 Å². The summed E-state index contributed by atoms with van der Waals surface area (Å²) in [5.74, 6) is -1.49. The first-order chi connectivity index (χ1) is 16.1. The predicted octanol–water partition coefficient (Wildman–Crippen LogP) is 4.61. The first-order valence-electron chi connectivity index (χ1n) is 11.2. The van der Waals surface area contributed by atoms with Gasteiger partial charge in [-0.05, 0) is 69.0 Å². The summed E-state index contributed by atoms with van der Waals surface area (Å²) in [5, 5.41) is 2.17. The number of urea groups is 1. The van der Waals surface area contributed by atoms with Crippen molar-refractivity contribution in [2.45, 2.75) is 45.6 Å². The van der Waals surface area contributed by atoms with Crippen molar-refractivity contribution in [3.05, 3.63) is 58.9 Å². The molecule has 0 spiro atoms. The van der Waals surface area contributed by atoms with Crippen LogP contribution in [0.3, 0.4) is 0 Å². The van der Waals surface area contributed by atoms with Gasteiger partial charge in [0.2, 0.25) is 0 Å². The molecule has 1 fully saturated rings. The summed E-state index contributed by atoms with van der Waals surface area (Å²) in [5.41, 5.74) is 2.47. The van der Waals surface area contributed by atoms with Crippen LogP contribution in [0.15, 0.2) is 42.0 Å². The molecule has 34 heavy (non-hydrogen) atoms. The van der Waals surface area contributed by atoms with Gasteiger partial charge in [-0.3, -0.25) is 14.9 Å². The van der Waals surface area contributed by atoms with E-state index in [9.17, 15) is 18.8 Å². The maximum absolute atomic E-state index is 13.7. The van der Waals surface area contributed by atoms with E-state index in [1.807, 2.05) is 12.1 Å². The highest BCUT2D eigenvalue weighted by Gasteiger charge is 2.38. The summed E-state index contributed by atoms with van der Waals surface area (Å²) in [6.45, 7) is 9.50. The van der Waals surface area contributed by atoms with Crippen molar-refractivity contribution in [2.24, 2.45) is 0 Å². The summed E-state index contributed by atoms with van der Waals surface area (Å²) in [7, 11) is 1.53. The second kappa shape index (κ2) is 8.59. The summed E-state index contributed by atoms with van der Waals surface area (Å²) >= 11 is 0. The largest absolute Gasteiger partial charge is 0.496 e. The Kier molecular flexibility index (Phi) is 5.93. The average molecular weight is 466 g/mol. The van der Waals surface area contributed by atoms with Gasteiger partial charge in [0.25, 0.3) is 11.8 Å². The van der Waals surface area contributed by atoms with Crippen molar-refractivity contribution in [2.75, 3.05) is 23.5 Å². The van der Waals surface area contributed by atoms with Crippen molar-refractivity contribution in [1.82, 2.24) is 5.32 Å². The number of hydrogen-bond acceptors (Lipinski definition) is 5. The zero-order chi connectivity index (χ0) is 24.8. The Morgan fingerprint density at radius 1 is 1.21 bits per heavy atom. The standard InChI is InChI=1S/C26H28FN3O4/c1-6-29-21-13-22(34-5)16(10-19(21)15(2)14-26(29,3)4)11-20-23(31)28-25(33)30(24(20)32)18-9-7-8-17(27)12-18/h7-13,15H,6,14H2,1-5H3,(H,28,31,33)/b20-11-. The second-order valence-electron chi connectivity index (χ2n) is 9.25. The molecule has 7 nitrogen and oxygen atoms in total.